The van der Waals surface area contributed by atoms with Crippen molar-refractivity contribution in [3.8, 4) is 5.75 Å². The van der Waals surface area contributed by atoms with Crippen LogP contribution in [0.4, 0.5) is 0 Å². The van der Waals surface area contributed by atoms with Gasteiger partial charge in [0.25, 0.3) is 0 Å². The largest absolute Gasteiger partial charge is 0.507 e. The molecule has 0 aromatic heterocycles. The highest BCUT2D eigenvalue weighted by molar-refractivity contribution is 5.48. The Morgan fingerprint density at radius 3 is 1.26 bits per heavy atom. The average Bonchev–Trinajstić information content (AvgIpc) is 2.77. The maximum Gasteiger partial charge on any atom is 0.122 e. The zero-order chi connectivity index (χ0) is 23.1. The van der Waals surface area contributed by atoms with Crippen LogP contribution in [0.5, 0.6) is 5.75 Å². The van der Waals surface area contributed by atoms with E-state index in [2.05, 4.69) is 53.7 Å². The van der Waals surface area contributed by atoms with Crippen LogP contribution in [0.2, 0.25) is 0 Å². The summed E-state index contributed by atoms with van der Waals surface area (Å²) < 4.78 is 0. The van der Waals surface area contributed by atoms with E-state index >= 15 is 0 Å². The fourth-order valence-corrected chi connectivity index (χ4v) is 4.85. The van der Waals surface area contributed by atoms with E-state index in [1.165, 1.54) is 113 Å². The van der Waals surface area contributed by atoms with Crippen LogP contribution < -0.4 is 0 Å². The Kier molecular flexibility index (Phi) is 15.0. The number of aromatic hydroxyl groups is 1. The lowest BCUT2D eigenvalue weighted by molar-refractivity contribution is 0.441. The number of hydrogen-bond acceptors (Lipinski definition) is 1. The summed E-state index contributed by atoms with van der Waals surface area (Å²) in [6.07, 6.45) is 19.3. The second kappa shape index (κ2) is 16.6. The average molecular weight is 431 g/mol. The van der Waals surface area contributed by atoms with Gasteiger partial charge in [0.05, 0.1) is 0 Å². The first-order valence-electron chi connectivity index (χ1n) is 13.8. The molecule has 0 aliphatic heterocycles. The van der Waals surface area contributed by atoms with Crippen LogP contribution in [0.25, 0.3) is 0 Å². The Balaban J connectivity index is 3.01. The highest BCUT2D eigenvalue weighted by Gasteiger charge is 2.20. The molecule has 1 aromatic rings. The summed E-state index contributed by atoms with van der Waals surface area (Å²) in [4.78, 5) is 0. The van der Waals surface area contributed by atoms with Gasteiger partial charge in [-0.25, -0.2) is 0 Å². The van der Waals surface area contributed by atoms with Crippen molar-refractivity contribution in [3.05, 3.63) is 28.8 Å². The molecule has 0 spiro atoms. The lowest BCUT2D eigenvalue weighted by Gasteiger charge is -2.23. The quantitative estimate of drug-likeness (QED) is 0.230. The van der Waals surface area contributed by atoms with Crippen molar-refractivity contribution in [3.63, 3.8) is 0 Å². The van der Waals surface area contributed by atoms with E-state index in [4.69, 9.17) is 0 Å². The van der Waals surface area contributed by atoms with Crippen molar-refractivity contribution >= 4 is 0 Å². The molecule has 0 bridgehead atoms. The first-order valence-corrected chi connectivity index (χ1v) is 13.8. The first-order chi connectivity index (χ1) is 15.0. The molecule has 1 N–H and O–H groups in total. The first kappa shape index (κ1) is 28.1. The Morgan fingerprint density at radius 1 is 0.548 bits per heavy atom. The zero-order valence-electron chi connectivity index (χ0n) is 21.9. The summed E-state index contributed by atoms with van der Waals surface area (Å²) in [7, 11) is 0. The minimum Gasteiger partial charge on any atom is -0.507 e. The van der Waals surface area contributed by atoms with E-state index in [0.29, 0.717) is 23.5 Å². The van der Waals surface area contributed by atoms with Gasteiger partial charge in [0.15, 0.2) is 0 Å². The number of phenols is 1. The third-order valence-electron chi connectivity index (χ3n) is 7.29. The summed E-state index contributed by atoms with van der Waals surface area (Å²) in [6, 6.07) is 4.72. The normalized spacial score (nSPS) is 14.5. The van der Waals surface area contributed by atoms with Crippen LogP contribution >= 0.6 is 0 Å². The standard InChI is InChI=1S/C30H54O/c1-7-10-13-16-19-24(4)27-22-28(25(5)20-17-14-11-8-2)30(31)29(23-27)26(6)21-18-15-12-9-3/h22-26,31H,7-21H2,1-6H3. The van der Waals surface area contributed by atoms with E-state index in [0.717, 1.165) is 0 Å². The van der Waals surface area contributed by atoms with Gasteiger partial charge in [0, 0.05) is 0 Å². The van der Waals surface area contributed by atoms with Crippen LogP contribution in [-0.4, -0.2) is 5.11 Å². The SMILES string of the molecule is CCCCCCC(C)c1cc(C(C)CCCCCC)c(O)c(C(C)CCCCCC)c1. The number of unbranched alkanes of at least 4 members (excludes halogenated alkanes) is 9. The molecule has 0 radical (unpaired) electrons. The Morgan fingerprint density at radius 2 is 0.903 bits per heavy atom. The van der Waals surface area contributed by atoms with Crippen LogP contribution in [-0.2, 0) is 0 Å². The second-order valence-electron chi connectivity index (χ2n) is 10.3. The summed E-state index contributed by atoms with van der Waals surface area (Å²) in [5.74, 6) is 2.06. The molecule has 1 rings (SSSR count). The van der Waals surface area contributed by atoms with Gasteiger partial charge < -0.3 is 5.11 Å². The zero-order valence-corrected chi connectivity index (χ0v) is 21.9. The lowest BCUT2D eigenvalue weighted by Crippen LogP contribution is -2.05. The Labute approximate surface area is 195 Å². The molecular weight excluding hydrogens is 376 g/mol. The van der Waals surface area contributed by atoms with Crippen molar-refractivity contribution in [2.45, 2.75) is 156 Å². The van der Waals surface area contributed by atoms with E-state index in [1.54, 1.807) is 0 Å². The highest BCUT2D eigenvalue weighted by Crippen LogP contribution is 2.40. The van der Waals surface area contributed by atoms with Crippen LogP contribution in [0, 0.1) is 0 Å². The topological polar surface area (TPSA) is 20.2 Å². The van der Waals surface area contributed by atoms with Crippen LogP contribution in [0.15, 0.2) is 12.1 Å². The van der Waals surface area contributed by atoms with Crippen molar-refractivity contribution in [1.82, 2.24) is 0 Å². The second-order valence-corrected chi connectivity index (χ2v) is 10.3. The molecule has 0 saturated heterocycles. The minimum absolute atomic E-state index is 0.440. The van der Waals surface area contributed by atoms with Gasteiger partial charge in [-0.15, -0.1) is 0 Å². The molecule has 0 saturated carbocycles. The van der Waals surface area contributed by atoms with Gasteiger partial charge in [0.2, 0.25) is 0 Å². The minimum atomic E-state index is 0.440. The molecular formula is C30H54O. The van der Waals surface area contributed by atoms with Crippen molar-refractivity contribution in [2.75, 3.05) is 0 Å². The fourth-order valence-electron chi connectivity index (χ4n) is 4.85. The number of phenolic OH excluding ortho intramolecular Hbond substituents is 1. The van der Waals surface area contributed by atoms with Gasteiger partial charge >= 0.3 is 0 Å². The van der Waals surface area contributed by atoms with Gasteiger partial charge in [-0.05, 0) is 53.7 Å². The summed E-state index contributed by atoms with van der Waals surface area (Å²) in [5.41, 5.74) is 3.88. The molecule has 0 fully saturated rings. The Bertz CT molecular complexity index is 537. The maximum absolute atomic E-state index is 11.3. The van der Waals surface area contributed by atoms with Crippen LogP contribution in [0.3, 0.4) is 0 Å². The molecule has 3 atom stereocenters. The predicted octanol–water partition coefficient (Wildman–Crippen LogP) is 10.6. The summed E-state index contributed by atoms with van der Waals surface area (Å²) >= 11 is 0. The lowest BCUT2D eigenvalue weighted by atomic mass is 9.83. The monoisotopic (exact) mass is 430 g/mol. The molecule has 31 heavy (non-hydrogen) atoms. The van der Waals surface area contributed by atoms with Crippen LogP contribution in [0.1, 0.15) is 172 Å². The highest BCUT2D eigenvalue weighted by atomic mass is 16.3. The molecule has 1 heteroatoms. The molecule has 1 nitrogen and oxygen atoms in total. The molecule has 0 aliphatic rings. The predicted molar refractivity (Wildman–Crippen MR) is 140 cm³/mol. The summed E-state index contributed by atoms with van der Waals surface area (Å²) in [5, 5.41) is 11.3. The van der Waals surface area contributed by atoms with E-state index < -0.39 is 0 Å². The van der Waals surface area contributed by atoms with Gasteiger partial charge in [-0.2, -0.15) is 0 Å². The van der Waals surface area contributed by atoms with Crippen molar-refractivity contribution in [2.24, 2.45) is 0 Å². The van der Waals surface area contributed by atoms with E-state index in [-0.39, 0.29) is 0 Å². The summed E-state index contributed by atoms with van der Waals surface area (Å²) in [6.45, 7) is 13.9. The molecule has 0 heterocycles. The smallest absolute Gasteiger partial charge is 0.122 e. The molecule has 0 aliphatic carbocycles. The van der Waals surface area contributed by atoms with Crippen molar-refractivity contribution in [1.29, 1.82) is 0 Å². The van der Waals surface area contributed by atoms with Gasteiger partial charge in [-0.1, -0.05) is 131 Å². The van der Waals surface area contributed by atoms with Gasteiger partial charge in [0.1, 0.15) is 5.75 Å². The van der Waals surface area contributed by atoms with E-state index in [9.17, 15) is 5.11 Å². The maximum atomic E-state index is 11.3. The third-order valence-corrected chi connectivity index (χ3v) is 7.29. The van der Waals surface area contributed by atoms with Gasteiger partial charge in [-0.3, -0.25) is 0 Å². The molecule has 3 unspecified atom stereocenters. The molecule has 180 valence electrons. The number of rotatable bonds is 18. The third kappa shape index (κ3) is 10.5. The molecule has 1 aromatic carbocycles. The Hall–Kier alpha value is -0.980. The fraction of sp³-hybridized carbons (Fsp3) is 0.800. The number of benzene rings is 1. The van der Waals surface area contributed by atoms with E-state index in [1.807, 2.05) is 0 Å². The van der Waals surface area contributed by atoms with Crippen molar-refractivity contribution < 1.29 is 5.11 Å². The molecule has 0 amide bonds. The number of hydrogen-bond donors (Lipinski definition) is 1.